The number of benzene rings is 2. The van der Waals surface area contributed by atoms with E-state index < -0.39 is 23.6 Å². The zero-order chi connectivity index (χ0) is 24.8. The summed E-state index contributed by atoms with van der Waals surface area (Å²) in [5.74, 6) is 0.0943. The van der Waals surface area contributed by atoms with Crippen LogP contribution in [0.3, 0.4) is 0 Å². The third kappa shape index (κ3) is 5.81. The van der Waals surface area contributed by atoms with Crippen LogP contribution >= 0.6 is 23.4 Å². The highest BCUT2D eigenvalue weighted by Gasteiger charge is 2.36. The Morgan fingerprint density at radius 1 is 1.26 bits per heavy atom. The Kier molecular flexibility index (Phi) is 8.41. The molecule has 178 valence electrons. The molecule has 0 radical (unpaired) electrons. The number of imide groups is 1. The number of nitrogens with one attached hydrogen (secondary N) is 1. The molecule has 3 rings (SSSR count). The predicted octanol–water partition coefficient (Wildman–Crippen LogP) is 5.46. The second kappa shape index (κ2) is 11.3. The van der Waals surface area contributed by atoms with Crippen molar-refractivity contribution in [3.05, 3.63) is 69.6 Å². The van der Waals surface area contributed by atoms with Gasteiger partial charge in [0.15, 0.2) is 11.5 Å². The maximum absolute atomic E-state index is 12.9. The van der Waals surface area contributed by atoms with Crippen LogP contribution in [0.4, 0.5) is 10.5 Å². The van der Waals surface area contributed by atoms with Crippen molar-refractivity contribution in [3.63, 3.8) is 0 Å². The highest BCUT2D eigenvalue weighted by molar-refractivity contribution is 8.18. The number of thioether (sulfide) groups is 1. The molecular formula is C25H25ClN2O5S. The Balaban J connectivity index is 1.80. The second-order valence-corrected chi connectivity index (χ2v) is 8.82. The molecule has 0 aliphatic carbocycles. The number of allylic oxidation sites excluding steroid dienone is 1. The molecule has 1 saturated heterocycles. The van der Waals surface area contributed by atoms with Gasteiger partial charge in [-0.15, -0.1) is 6.58 Å². The molecule has 0 bridgehead atoms. The minimum atomic E-state index is -0.536. The van der Waals surface area contributed by atoms with E-state index in [1.807, 2.05) is 19.9 Å². The van der Waals surface area contributed by atoms with Crippen molar-refractivity contribution in [2.24, 2.45) is 0 Å². The van der Waals surface area contributed by atoms with Crippen molar-refractivity contribution in [1.29, 1.82) is 0 Å². The fourth-order valence-electron chi connectivity index (χ4n) is 3.37. The average Bonchev–Trinajstić information content (AvgIpc) is 3.04. The van der Waals surface area contributed by atoms with Crippen LogP contribution in [0.1, 0.15) is 23.6 Å². The molecule has 2 aromatic carbocycles. The number of halogens is 1. The number of aryl methyl sites for hydroxylation is 1. The smallest absolute Gasteiger partial charge is 0.294 e. The molecule has 34 heavy (non-hydrogen) atoms. The van der Waals surface area contributed by atoms with Crippen molar-refractivity contribution in [3.8, 4) is 11.5 Å². The summed E-state index contributed by atoms with van der Waals surface area (Å²) in [6.45, 7) is 7.52. The van der Waals surface area contributed by atoms with Gasteiger partial charge in [-0.25, -0.2) is 0 Å². The van der Waals surface area contributed by atoms with Gasteiger partial charge in [0.1, 0.15) is 6.54 Å². The summed E-state index contributed by atoms with van der Waals surface area (Å²) < 4.78 is 11.2. The Labute approximate surface area is 207 Å². The van der Waals surface area contributed by atoms with E-state index in [-0.39, 0.29) is 4.91 Å². The van der Waals surface area contributed by atoms with Crippen molar-refractivity contribution in [2.75, 3.05) is 25.6 Å². The van der Waals surface area contributed by atoms with E-state index in [0.29, 0.717) is 40.8 Å². The van der Waals surface area contributed by atoms with Crippen LogP contribution in [0.25, 0.3) is 6.08 Å². The van der Waals surface area contributed by atoms with Gasteiger partial charge in [-0.2, -0.15) is 0 Å². The van der Waals surface area contributed by atoms with Gasteiger partial charge in [0, 0.05) is 16.3 Å². The summed E-state index contributed by atoms with van der Waals surface area (Å²) in [5, 5.41) is 2.65. The summed E-state index contributed by atoms with van der Waals surface area (Å²) in [6.07, 6.45) is 3.89. The zero-order valence-corrected chi connectivity index (χ0v) is 20.7. The summed E-state index contributed by atoms with van der Waals surface area (Å²) in [6, 6.07) is 8.69. The van der Waals surface area contributed by atoms with Crippen LogP contribution in [0, 0.1) is 6.92 Å². The van der Waals surface area contributed by atoms with Crippen molar-refractivity contribution in [2.45, 2.75) is 20.3 Å². The molecular weight excluding hydrogens is 476 g/mol. The second-order valence-electron chi connectivity index (χ2n) is 7.42. The quantitative estimate of drug-likeness (QED) is 0.363. The van der Waals surface area contributed by atoms with Crippen LogP contribution < -0.4 is 14.8 Å². The minimum absolute atomic E-state index is 0.216. The summed E-state index contributed by atoms with van der Waals surface area (Å²) >= 11 is 6.87. The van der Waals surface area contributed by atoms with Crippen molar-refractivity contribution in [1.82, 2.24) is 4.90 Å². The SMILES string of the molecule is C=CCc1cc(/C=C2/SC(=O)N(CC(=O)Nc3ccc(C)c(Cl)c3)C2=O)cc(OCC)c1OC. The van der Waals surface area contributed by atoms with E-state index in [2.05, 4.69) is 11.9 Å². The van der Waals surface area contributed by atoms with E-state index in [1.165, 1.54) is 0 Å². The van der Waals surface area contributed by atoms with Gasteiger partial charge in [-0.05, 0) is 73.5 Å². The first-order valence-electron chi connectivity index (χ1n) is 10.5. The summed E-state index contributed by atoms with van der Waals surface area (Å²) in [7, 11) is 1.56. The van der Waals surface area contributed by atoms with Crippen LogP contribution in [0.5, 0.6) is 11.5 Å². The maximum Gasteiger partial charge on any atom is 0.294 e. The standard InChI is InChI=1S/C25H25ClN2O5S/c1-5-7-17-10-16(11-20(33-6-2)23(17)32-4)12-21-24(30)28(25(31)34-21)14-22(29)27-18-9-8-15(3)19(26)13-18/h5,8-13H,1,6-7,14H2,2-4H3,(H,27,29)/b21-12+. The maximum atomic E-state index is 12.9. The van der Waals surface area contributed by atoms with E-state index in [9.17, 15) is 14.4 Å². The highest BCUT2D eigenvalue weighted by atomic mass is 35.5. The number of hydrogen-bond donors (Lipinski definition) is 1. The molecule has 0 aromatic heterocycles. The first-order chi connectivity index (χ1) is 16.3. The Morgan fingerprint density at radius 3 is 2.68 bits per heavy atom. The molecule has 2 aromatic rings. The van der Waals surface area contributed by atoms with Gasteiger partial charge in [0.25, 0.3) is 11.1 Å². The van der Waals surface area contributed by atoms with Gasteiger partial charge in [0.05, 0.1) is 18.6 Å². The first kappa shape index (κ1) is 25.4. The van der Waals surface area contributed by atoms with Gasteiger partial charge in [-0.3, -0.25) is 19.3 Å². The molecule has 1 aliphatic rings. The van der Waals surface area contributed by atoms with E-state index in [0.717, 1.165) is 27.8 Å². The molecule has 0 atom stereocenters. The number of nitrogens with zero attached hydrogens (tertiary/aromatic N) is 1. The van der Waals surface area contributed by atoms with Crippen molar-refractivity contribution >= 4 is 52.2 Å². The lowest BCUT2D eigenvalue weighted by molar-refractivity contribution is -0.127. The van der Waals surface area contributed by atoms with Crippen molar-refractivity contribution < 1.29 is 23.9 Å². The largest absolute Gasteiger partial charge is 0.493 e. The van der Waals surface area contributed by atoms with E-state index in [1.54, 1.807) is 43.5 Å². The number of amides is 3. The molecule has 1 N–H and O–H groups in total. The molecule has 1 fully saturated rings. The lowest BCUT2D eigenvalue weighted by Gasteiger charge is -2.14. The van der Waals surface area contributed by atoms with E-state index in [4.69, 9.17) is 21.1 Å². The molecule has 0 spiro atoms. The molecule has 3 amide bonds. The molecule has 1 heterocycles. The monoisotopic (exact) mass is 500 g/mol. The molecule has 9 heteroatoms. The van der Waals surface area contributed by atoms with E-state index >= 15 is 0 Å². The van der Waals surface area contributed by atoms with Gasteiger partial charge >= 0.3 is 0 Å². The number of rotatable bonds is 9. The van der Waals surface area contributed by atoms with Crippen LogP contribution in [-0.4, -0.2) is 42.2 Å². The summed E-state index contributed by atoms with van der Waals surface area (Å²) in [4.78, 5) is 39.0. The summed E-state index contributed by atoms with van der Waals surface area (Å²) in [5.41, 5.74) is 2.87. The first-order valence-corrected chi connectivity index (χ1v) is 11.7. The third-order valence-corrected chi connectivity index (χ3v) is 6.27. The van der Waals surface area contributed by atoms with Gasteiger partial charge in [-0.1, -0.05) is 23.7 Å². The van der Waals surface area contributed by atoms with Crippen LogP contribution in [0.15, 0.2) is 47.9 Å². The van der Waals surface area contributed by atoms with Crippen LogP contribution in [0.2, 0.25) is 5.02 Å². The minimum Gasteiger partial charge on any atom is -0.493 e. The molecule has 1 aliphatic heterocycles. The van der Waals surface area contributed by atoms with Crippen LogP contribution in [-0.2, 0) is 16.0 Å². The Morgan fingerprint density at radius 2 is 2.03 bits per heavy atom. The molecule has 7 nitrogen and oxygen atoms in total. The van der Waals surface area contributed by atoms with Gasteiger partial charge in [0.2, 0.25) is 5.91 Å². The Hall–Kier alpha value is -3.23. The fraction of sp³-hybridized carbons (Fsp3) is 0.240. The highest BCUT2D eigenvalue weighted by Crippen LogP contribution is 2.37. The number of carbonyl (C=O) groups excluding carboxylic acids is 3. The topological polar surface area (TPSA) is 84.9 Å². The number of carbonyl (C=O) groups is 3. The normalized spacial score (nSPS) is 14.5. The zero-order valence-electron chi connectivity index (χ0n) is 19.1. The average molecular weight is 501 g/mol. The number of anilines is 1. The lowest BCUT2D eigenvalue weighted by atomic mass is 10.0. The Bertz CT molecular complexity index is 1180. The molecule has 0 unspecified atom stereocenters. The van der Waals surface area contributed by atoms with Gasteiger partial charge < -0.3 is 14.8 Å². The number of ether oxygens (including phenoxy) is 2. The number of hydrogen-bond acceptors (Lipinski definition) is 6. The molecule has 0 saturated carbocycles. The third-order valence-electron chi connectivity index (χ3n) is 4.95. The predicted molar refractivity (Wildman–Crippen MR) is 136 cm³/mol. The fourth-order valence-corrected chi connectivity index (χ4v) is 4.39. The lowest BCUT2D eigenvalue weighted by Crippen LogP contribution is -2.36. The number of methoxy groups -OCH3 is 1.